The molecule has 0 unspecified atom stereocenters. The third kappa shape index (κ3) is 2.49. The van der Waals surface area contributed by atoms with Gasteiger partial charge in [0.05, 0.1) is 11.4 Å². The van der Waals surface area contributed by atoms with Crippen molar-refractivity contribution in [3.8, 4) is 0 Å². The molecule has 5 heteroatoms. The number of carbonyl (C=O) groups is 1. The molecule has 0 spiro atoms. The van der Waals surface area contributed by atoms with Gasteiger partial charge < -0.3 is 9.80 Å². The third-order valence-electron chi connectivity index (χ3n) is 3.68. The van der Waals surface area contributed by atoms with Crippen LogP contribution in [0.15, 0.2) is 47.4 Å². The number of para-hydroxylation sites is 2. The van der Waals surface area contributed by atoms with E-state index in [1.165, 1.54) is 18.2 Å². The topological polar surface area (TPSA) is 23.6 Å². The average molecular weight is 302 g/mol. The van der Waals surface area contributed by atoms with Crippen LogP contribution in [-0.2, 0) is 0 Å². The lowest BCUT2D eigenvalue weighted by Gasteiger charge is -2.35. The predicted molar refractivity (Wildman–Crippen MR) is 85.0 cm³/mol. The third-order valence-corrected chi connectivity index (χ3v) is 4.02. The number of nitrogens with zero attached hydrogens (tertiary/aromatic N) is 2. The molecule has 0 aliphatic carbocycles. The molecule has 0 aromatic heterocycles. The quantitative estimate of drug-likeness (QED) is 0.818. The Hall–Kier alpha value is -2.01. The highest BCUT2D eigenvalue weighted by Crippen LogP contribution is 2.32. The number of anilines is 2. The van der Waals surface area contributed by atoms with Gasteiger partial charge in [-0.25, -0.2) is 4.39 Å². The van der Waals surface area contributed by atoms with E-state index in [4.69, 9.17) is 0 Å². The van der Waals surface area contributed by atoms with Gasteiger partial charge in [0.25, 0.3) is 5.91 Å². The fraction of sp³-hybridized carbons (Fsp3) is 0.188. The van der Waals surface area contributed by atoms with Crippen molar-refractivity contribution < 1.29 is 9.18 Å². The molecule has 0 fully saturated rings. The molecule has 21 heavy (non-hydrogen) atoms. The van der Waals surface area contributed by atoms with Gasteiger partial charge in [-0.2, -0.15) is 0 Å². The van der Waals surface area contributed by atoms with Crippen molar-refractivity contribution in [1.29, 1.82) is 0 Å². The highest BCUT2D eigenvalue weighted by atomic mass is 32.1. The lowest BCUT2D eigenvalue weighted by atomic mass is 10.1. The van der Waals surface area contributed by atoms with Crippen molar-refractivity contribution in [2.45, 2.75) is 4.90 Å². The number of amides is 1. The van der Waals surface area contributed by atoms with Crippen LogP contribution < -0.4 is 9.80 Å². The molecular formula is C16H15FN2OS. The number of fused-ring (bicyclic) bond motifs is 1. The van der Waals surface area contributed by atoms with E-state index in [-0.39, 0.29) is 10.8 Å². The number of carbonyl (C=O) groups excluding carboxylic acids is 1. The van der Waals surface area contributed by atoms with Gasteiger partial charge in [0.15, 0.2) is 0 Å². The van der Waals surface area contributed by atoms with Crippen molar-refractivity contribution in [3.05, 3.63) is 53.8 Å². The van der Waals surface area contributed by atoms with E-state index >= 15 is 0 Å². The maximum absolute atomic E-state index is 13.3. The Bertz CT molecular complexity index is 704. The summed E-state index contributed by atoms with van der Waals surface area (Å²) in [5, 5.41) is 0. The van der Waals surface area contributed by atoms with Crippen molar-refractivity contribution in [2.24, 2.45) is 0 Å². The molecule has 0 saturated carbocycles. The van der Waals surface area contributed by atoms with Crippen LogP contribution in [0.5, 0.6) is 0 Å². The Balaban J connectivity index is 1.99. The summed E-state index contributed by atoms with van der Waals surface area (Å²) >= 11 is 4.04. The van der Waals surface area contributed by atoms with Gasteiger partial charge in [-0.1, -0.05) is 12.1 Å². The number of benzene rings is 2. The average Bonchev–Trinajstić information content (AvgIpc) is 2.50. The molecule has 2 aromatic rings. The lowest BCUT2D eigenvalue weighted by Crippen LogP contribution is -2.42. The second-order valence-electron chi connectivity index (χ2n) is 5.03. The minimum absolute atomic E-state index is 0.133. The first-order chi connectivity index (χ1) is 10.1. The molecule has 1 heterocycles. The number of rotatable bonds is 1. The van der Waals surface area contributed by atoms with Crippen molar-refractivity contribution >= 4 is 29.9 Å². The Morgan fingerprint density at radius 2 is 1.86 bits per heavy atom. The first kappa shape index (κ1) is 13.9. The summed E-state index contributed by atoms with van der Waals surface area (Å²) in [6, 6.07) is 12.0. The summed E-state index contributed by atoms with van der Waals surface area (Å²) in [5.74, 6) is -0.556. The van der Waals surface area contributed by atoms with Crippen LogP contribution in [0.2, 0.25) is 0 Å². The maximum atomic E-state index is 13.3. The SMILES string of the molecule is CN1CCN(C(=O)c2ccc(F)c(S)c2)c2ccccc21. The minimum Gasteiger partial charge on any atom is -0.371 e. The van der Waals surface area contributed by atoms with Crippen LogP contribution >= 0.6 is 12.6 Å². The molecule has 1 aliphatic heterocycles. The molecule has 0 N–H and O–H groups in total. The van der Waals surface area contributed by atoms with E-state index in [1.807, 2.05) is 31.3 Å². The molecule has 3 rings (SSSR count). The maximum Gasteiger partial charge on any atom is 0.258 e. The zero-order valence-corrected chi connectivity index (χ0v) is 12.5. The molecule has 108 valence electrons. The van der Waals surface area contributed by atoms with Gasteiger partial charge in [-0.05, 0) is 30.3 Å². The molecule has 0 bridgehead atoms. The van der Waals surface area contributed by atoms with E-state index in [1.54, 1.807) is 4.90 Å². The number of thiol groups is 1. The highest BCUT2D eigenvalue weighted by molar-refractivity contribution is 7.80. The zero-order chi connectivity index (χ0) is 15.0. The standard InChI is InChI=1S/C16H15FN2OS/c1-18-8-9-19(14-5-3-2-4-13(14)18)16(20)11-6-7-12(17)15(21)10-11/h2-7,10,21H,8-9H2,1H3. The van der Waals surface area contributed by atoms with E-state index in [0.717, 1.165) is 17.9 Å². The predicted octanol–water partition coefficient (Wildman–Crippen LogP) is 3.21. The Morgan fingerprint density at radius 3 is 2.57 bits per heavy atom. The molecule has 1 amide bonds. The van der Waals surface area contributed by atoms with E-state index in [9.17, 15) is 9.18 Å². The molecule has 1 aliphatic rings. The Morgan fingerprint density at radius 1 is 1.14 bits per heavy atom. The summed E-state index contributed by atoms with van der Waals surface area (Å²) in [6.07, 6.45) is 0. The summed E-state index contributed by atoms with van der Waals surface area (Å²) < 4.78 is 13.3. The Labute approximate surface area is 128 Å². The second kappa shape index (κ2) is 5.41. The van der Waals surface area contributed by atoms with E-state index in [2.05, 4.69) is 17.5 Å². The normalized spacial score (nSPS) is 14.0. The lowest BCUT2D eigenvalue weighted by molar-refractivity contribution is 0.0986. The number of halogens is 1. The molecule has 0 atom stereocenters. The Kier molecular flexibility index (Phi) is 3.59. The van der Waals surface area contributed by atoms with Gasteiger partial charge >= 0.3 is 0 Å². The van der Waals surface area contributed by atoms with Gasteiger partial charge in [0, 0.05) is 30.6 Å². The van der Waals surface area contributed by atoms with Gasteiger partial charge in [0.2, 0.25) is 0 Å². The van der Waals surface area contributed by atoms with Crippen LogP contribution in [0.25, 0.3) is 0 Å². The monoisotopic (exact) mass is 302 g/mol. The molecule has 0 saturated heterocycles. The number of hydrogen-bond acceptors (Lipinski definition) is 3. The van der Waals surface area contributed by atoms with Gasteiger partial charge in [-0.3, -0.25) is 4.79 Å². The molecular weight excluding hydrogens is 287 g/mol. The van der Waals surface area contributed by atoms with Crippen LogP contribution in [0.1, 0.15) is 10.4 Å². The fourth-order valence-electron chi connectivity index (χ4n) is 2.52. The number of likely N-dealkylation sites (N-methyl/N-ethyl adjacent to an activating group) is 1. The fourth-order valence-corrected chi connectivity index (χ4v) is 2.73. The van der Waals surface area contributed by atoms with Crippen LogP contribution in [0.4, 0.5) is 15.8 Å². The van der Waals surface area contributed by atoms with Crippen molar-refractivity contribution in [1.82, 2.24) is 0 Å². The summed E-state index contributed by atoms with van der Waals surface area (Å²) in [6.45, 7) is 1.36. The van der Waals surface area contributed by atoms with Crippen LogP contribution in [0.3, 0.4) is 0 Å². The van der Waals surface area contributed by atoms with Gasteiger partial charge in [-0.15, -0.1) is 12.6 Å². The van der Waals surface area contributed by atoms with Gasteiger partial charge in [0.1, 0.15) is 5.82 Å². The van der Waals surface area contributed by atoms with E-state index in [0.29, 0.717) is 12.1 Å². The largest absolute Gasteiger partial charge is 0.371 e. The molecule has 3 nitrogen and oxygen atoms in total. The first-order valence-corrected chi connectivity index (χ1v) is 7.13. The molecule has 2 aromatic carbocycles. The zero-order valence-electron chi connectivity index (χ0n) is 11.6. The van der Waals surface area contributed by atoms with Crippen LogP contribution in [0, 0.1) is 5.82 Å². The molecule has 0 radical (unpaired) electrons. The van der Waals surface area contributed by atoms with E-state index < -0.39 is 5.82 Å². The summed E-state index contributed by atoms with van der Waals surface area (Å²) in [4.78, 5) is 16.7. The second-order valence-corrected chi connectivity index (χ2v) is 5.52. The highest BCUT2D eigenvalue weighted by Gasteiger charge is 2.25. The minimum atomic E-state index is -0.423. The summed E-state index contributed by atoms with van der Waals surface area (Å²) in [5.41, 5.74) is 2.34. The summed E-state index contributed by atoms with van der Waals surface area (Å²) in [7, 11) is 2.00. The number of hydrogen-bond donors (Lipinski definition) is 1. The smallest absolute Gasteiger partial charge is 0.258 e. The van der Waals surface area contributed by atoms with Crippen LogP contribution in [-0.4, -0.2) is 26.0 Å². The first-order valence-electron chi connectivity index (χ1n) is 6.68. The van der Waals surface area contributed by atoms with Crippen molar-refractivity contribution in [2.75, 3.05) is 29.9 Å². The van der Waals surface area contributed by atoms with Crippen molar-refractivity contribution in [3.63, 3.8) is 0 Å².